The Balaban J connectivity index is 1.94. The molecule has 0 aromatic rings. The summed E-state index contributed by atoms with van der Waals surface area (Å²) in [6.07, 6.45) is -12.4. The third-order valence-electron chi connectivity index (χ3n) is 4.72. The highest BCUT2D eigenvalue weighted by molar-refractivity contribution is 4.91. The molecule has 160 valence electrons. The molecule has 0 aliphatic carbocycles. The van der Waals surface area contributed by atoms with Crippen LogP contribution in [0.1, 0.15) is 19.8 Å². The van der Waals surface area contributed by atoms with E-state index in [2.05, 4.69) is 0 Å². The van der Waals surface area contributed by atoms with Gasteiger partial charge in [-0.1, -0.05) is 13.3 Å². The van der Waals surface area contributed by atoms with Crippen LogP contribution in [0.4, 0.5) is 0 Å². The number of aliphatic hydroxyl groups excluding tert-OH is 7. The zero-order valence-corrected chi connectivity index (χ0v) is 15.1. The average molecular weight is 398 g/mol. The monoisotopic (exact) mass is 398 g/mol. The van der Waals surface area contributed by atoms with Crippen molar-refractivity contribution in [2.75, 3.05) is 19.8 Å². The zero-order valence-electron chi connectivity index (χ0n) is 15.1. The van der Waals surface area contributed by atoms with Gasteiger partial charge in [0, 0.05) is 6.61 Å². The second kappa shape index (κ2) is 10.4. The van der Waals surface area contributed by atoms with Gasteiger partial charge in [0.15, 0.2) is 12.6 Å². The van der Waals surface area contributed by atoms with Crippen molar-refractivity contribution in [1.82, 2.24) is 0 Å². The Kier molecular flexibility index (Phi) is 8.77. The summed E-state index contributed by atoms with van der Waals surface area (Å²) in [4.78, 5) is 0. The number of ether oxygens (including phenoxy) is 4. The molecule has 2 aliphatic rings. The zero-order chi connectivity index (χ0) is 20.1. The lowest BCUT2D eigenvalue weighted by molar-refractivity contribution is -0.331. The number of rotatable bonds is 8. The average Bonchev–Trinajstić information content (AvgIpc) is 2.66. The summed E-state index contributed by atoms with van der Waals surface area (Å²) < 4.78 is 21.4. The van der Waals surface area contributed by atoms with Crippen LogP contribution in [-0.4, -0.2) is 117 Å². The first-order valence-electron chi connectivity index (χ1n) is 9.05. The van der Waals surface area contributed by atoms with Crippen molar-refractivity contribution in [2.24, 2.45) is 0 Å². The van der Waals surface area contributed by atoms with Gasteiger partial charge in [0.05, 0.1) is 13.2 Å². The van der Waals surface area contributed by atoms with Crippen LogP contribution in [0, 0.1) is 0 Å². The molecule has 0 radical (unpaired) electrons. The Bertz CT molecular complexity index is 437. The Morgan fingerprint density at radius 2 is 1.22 bits per heavy atom. The van der Waals surface area contributed by atoms with Gasteiger partial charge in [0.2, 0.25) is 0 Å². The Morgan fingerprint density at radius 1 is 0.704 bits per heavy atom. The molecule has 2 heterocycles. The first-order chi connectivity index (χ1) is 12.8. The van der Waals surface area contributed by atoms with E-state index < -0.39 is 68.0 Å². The van der Waals surface area contributed by atoms with E-state index in [1.807, 2.05) is 6.92 Å². The first kappa shape index (κ1) is 22.8. The van der Waals surface area contributed by atoms with Gasteiger partial charge in [-0.15, -0.1) is 0 Å². The lowest BCUT2D eigenvalue weighted by Crippen LogP contribution is -2.61. The van der Waals surface area contributed by atoms with Crippen molar-refractivity contribution >= 4 is 0 Å². The molecule has 0 aromatic heterocycles. The predicted octanol–water partition coefficient (Wildman–Crippen LogP) is -3.57. The summed E-state index contributed by atoms with van der Waals surface area (Å²) in [7, 11) is 0. The van der Waals surface area contributed by atoms with Gasteiger partial charge in [-0.2, -0.15) is 0 Å². The normalized spacial score (nSPS) is 45.8. The molecule has 7 N–H and O–H groups in total. The first-order valence-corrected chi connectivity index (χ1v) is 9.05. The standard InChI is InChI=1S/C16H30O11/c1-2-3-4-24-15-13(22)12(21)10(19)8(27-15)6-25-16-14(23)11(20)9(18)7(5-17)26-16/h7-23H,2-6H2,1H3. The maximum absolute atomic E-state index is 10.1. The summed E-state index contributed by atoms with van der Waals surface area (Å²) in [5.41, 5.74) is 0. The lowest BCUT2D eigenvalue weighted by Gasteiger charge is -2.42. The predicted molar refractivity (Wildman–Crippen MR) is 87.3 cm³/mol. The molecule has 0 bridgehead atoms. The van der Waals surface area contributed by atoms with Gasteiger partial charge in [-0.25, -0.2) is 0 Å². The largest absolute Gasteiger partial charge is 0.394 e. The third kappa shape index (κ3) is 5.34. The molecule has 0 aromatic carbocycles. The number of unbranched alkanes of at least 4 members (excludes halogenated alkanes) is 1. The van der Waals surface area contributed by atoms with Crippen LogP contribution in [0.25, 0.3) is 0 Å². The molecule has 11 heteroatoms. The van der Waals surface area contributed by atoms with E-state index in [1.54, 1.807) is 0 Å². The maximum Gasteiger partial charge on any atom is 0.186 e. The van der Waals surface area contributed by atoms with E-state index in [1.165, 1.54) is 0 Å². The van der Waals surface area contributed by atoms with E-state index in [4.69, 9.17) is 24.1 Å². The van der Waals surface area contributed by atoms with Gasteiger partial charge < -0.3 is 54.7 Å². The van der Waals surface area contributed by atoms with Crippen LogP contribution in [0.15, 0.2) is 0 Å². The highest BCUT2D eigenvalue weighted by Crippen LogP contribution is 2.26. The molecule has 10 atom stereocenters. The fraction of sp³-hybridized carbons (Fsp3) is 1.00. The quantitative estimate of drug-likeness (QED) is 0.201. The lowest BCUT2D eigenvalue weighted by atomic mass is 9.98. The van der Waals surface area contributed by atoms with Crippen molar-refractivity contribution < 1.29 is 54.7 Å². The third-order valence-corrected chi connectivity index (χ3v) is 4.72. The SMILES string of the molecule is CCCCOC1OC(COC2OC(CO)C(O)C(O)C2O)C(O)C(O)C1O. The smallest absolute Gasteiger partial charge is 0.186 e. The minimum atomic E-state index is -1.60. The molecule has 2 rings (SSSR count). The Morgan fingerprint density at radius 3 is 1.78 bits per heavy atom. The number of aliphatic hydroxyl groups is 7. The van der Waals surface area contributed by atoms with E-state index in [9.17, 15) is 30.6 Å². The second-order valence-electron chi connectivity index (χ2n) is 6.77. The van der Waals surface area contributed by atoms with Crippen molar-refractivity contribution in [3.05, 3.63) is 0 Å². The fourth-order valence-electron chi connectivity index (χ4n) is 2.93. The van der Waals surface area contributed by atoms with Gasteiger partial charge in [-0.05, 0) is 6.42 Å². The van der Waals surface area contributed by atoms with Crippen molar-refractivity contribution in [3.63, 3.8) is 0 Å². The van der Waals surface area contributed by atoms with Crippen LogP contribution < -0.4 is 0 Å². The van der Waals surface area contributed by atoms with Crippen molar-refractivity contribution in [3.8, 4) is 0 Å². The molecule has 27 heavy (non-hydrogen) atoms. The Labute approximate surface area is 156 Å². The molecule has 11 nitrogen and oxygen atoms in total. The highest BCUT2D eigenvalue weighted by Gasteiger charge is 2.47. The molecule has 10 unspecified atom stereocenters. The number of hydrogen-bond acceptors (Lipinski definition) is 11. The van der Waals surface area contributed by atoms with E-state index >= 15 is 0 Å². The summed E-state index contributed by atoms with van der Waals surface area (Å²) in [5, 5.41) is 68.6. The van der Waals surface area contributed by atoms with Gasteiger partial charge in [-0.3, -0.25) is 0 Å². The summed E-state index contributed by atoms with van der Waals surface area (Å²) >= 11 is 0. The van der Waals surface area contributed by atoms with Crippen LogP contribution in [0.5, 0.6) is 0 Å². The van der Waals surface area contributed by atoms with Crippen LogP contribution in [-0.2, 0) is 18.9 Å². The molecule has 2 aliphatic heterocycles. The summed E-state index contributed by atoms with van der Waals surface area (Å²) in [6.45, 7) is 1.27. The van der Waals surface area contributed by atoms with Crippen LogP contribution in [0.3, 0.4) is 0 Å². The van der Waals surface area contributed by atoms with Crippen molar-refractivity contribution in [2.45, 2.75) is 81.2 Å². The van der Waals surface area contributed by atoms with E-state index in [-0.39, 0.29) is 6.61 Å². The molecule has 0 amide bonds. The summed E-state index contributed by atoms with van der Waals surface area (Å²) in [5.74, 6) is 0. The molecular weight excluding hydrogens is 368 g/mol. The van der Waals surface area contributed by atoms with E-state index in [0.717, 1.165) is 12.8 Å². The maximum atomic E-state index is 10.1. The Hall–Kier alpha value is -0.440. The number of hydrogen-bond donors (Lipinski definition) is 7. The molecule has 2 fully saturated rings. The molecule has 0 saturated carbocycles. The van der Waals surface area contributed by atoms with Crippen molar-refractivity contribution in [1.29, 1.82) is 0 Å². The van der Waals surface area contributed by atoms with E-state index in [0.29, 0.717) is 6.61 Å². The molecular formula is C16H30O11. The minimum Gasteiger partial charge on any atom is -0.394 e. The molecule has 0 spiro atoms. The van der Waals surface area contributed by atoms with Crippen LogP contribution in [0.2, 0.25) is 0 Å². The second-order valence-corrected chi connectivity index (χ2v) is 6.77. The molecule has 2 saturated heterocycles. The minimum absolute atomic E-state index is 0.293. The van der Waals surface area contributed by atoms with Gasteiger partial charge >= 0.3 is 0 Å². The highest BCUT2D eigenvalue weighted by atomic mass is 16.7. The van der Waals surface area contributed by atoms with Gasteiger partial charge in [0.25, 0.3) is 0 Å². The topological polar surface area (TPSA) is 179 Å². The fourth-order valence-corrected chi connectivity index (χ4v) is 2.93. The van der Waals surface area contributed by atoms with Crippen LogP contribution >= 0.6 is 0 Å². The van der Waals surface area contributed by atoms with Gasteiger partial charge in [0.1, 0.15) is 48.8 Å². The summed E-state index contributed by atoms with van der Waals surface area (Å²) in [6, 6.07) is 0.